The van der Waals surface area contributed by atoms with E-state index in [1.807, 2.05) is 85.8 Å². The average molecular weight is 385 g/mol. The predicted octanol–water partition coefficient (Wildman–Crippen LogP) is 4.42. The first-order valence-electron chi connectivity index (χ1n) is 9.82. The van der Waals surface area contributed by atoms with Gasteiger partial charge in [0.1, 0.15) is 0 Å². The van der Waals surface area contributed by atoms with Crippen LogP contribution in [0.15, 0.2) is 78.9 Å². The number of hydrogen-bond acceptors (Lipinski definition) is 3. The molecule has 146 valence electrons. The third-order valence-electron chi connectivity index (χ3n) is 5.24. The first-order chi connectivity index (χ1) is 14.1. The standard InChI is InChI=1S/C25H23NO3/c1-18-15-22-9-5-6-10-23(22)26(18)24(27)17-29-25(28)16-19-11-13-21(14-12-19)20-7-3-2-4-8-20/h2-14,18H,15-17H2,1H3/t18-/m0/s1. The first-order valence-corrected chi connectivity index (χ1v) is 9.82. The van der Waals surface area contributed by atoms with Gasteiger partial charge in [-0.3, -0.25) is 9.59 Å². The summed E-state index contributed by atoms with van der Waals surface area (Å²) in [5.41, 5.74) is 5.16. The number of carbonyl (C=O) groups excluding carboxylic acids is 2. The van der Waals surface area contributed by atoms with Crippen molar-refractivity contribution in [2.24, 2.45) is 0 Å². The summed E-state index contributed by atoms with van der Waals surface area (Å²) in [6, 6.07) is 25.8. The summed E-state index contributed by atoms with van der Waals surface area (Å²) in [6.07, 6.45) is 0.970. The van der Waals surface area contributed by atoms with Crippen LogP contribution in [0.1, 0.15) is 18.1 Å². The van der Waals surface area contributed by atoms with E-state index in [9.17, 15) is 9.59 Å². The van der Waals surface area contributed by atoms with E-state index in [1.54, 1.807) is 4.90 Å². The van der Waals surface area contributed by atoms with Crippen LogP contribution in [0, 0.1) is 0 Å². The number of carbonyl (C=O) groups is 2. The molecule has 4 nitrogen and oxygen atoms in total. The number of nitrogens with zero attached hydrogens (tertiary/aromatic N) is 1. The number of anilines is 1. The van der Waals surface area contributed by atoms with Crippen LogP contribution < -0.4 is 4.90 Å². The molecule has 1 atom stereocenters. The maximum atomic E-state index is 12.6. The number of ether oxygens (including phenoxy) is 1. The summed E-state index contributed by atoms with van der Waals surface area (Å²) in [5, 5.41) is 0. The van der Waals surface area contributed by atoms with Crippen molar-refractivity contribution in [1.82, 2.24) is 0 Å². The Labute approximate surface area is 170 Å². The van der Waals surface area contributed by atoms with Gasteiger partial charge in [0.2, 0.25) is 0 Å². The number of benzene rings is 3. The molecule has 3 aromatic carbocycles. The molecule has 1 heterocycles. The first kappa shape index (κ1) is 18.9. The van der Waals surface area contributed by atoms with E-state index in [-0.39, 0.29) is 25.0 Å². The monoisotopic (exact) mass is 385 g/mol. The molecule has 4 rings (SSSR count). The van der Waals surface area contributed by atoms with Gasteiger partial charge < -0.3 is 9.64 Å². The molecule has 0 N–H and O–H groups in total. The predicted molar refractivity (Wildman–Crippen MR) is 114 cm³/mol. The van der Waals surface area contributed by atoms with E-state index < -0.39 is 5.97 Å². The van der Waals surface area contributed by atoms with Crippen molar-refractivity contribution in [2.45, 2.75) is 25.8 Å². The minimum atomic E-state index is -0.397. The van der Waals surface area contributed by atoms with Gasteiger partial charge in [-0.15, -0.1) is 0 Å². The van der Waals surface area contributed by atoms with E-state index in [2.05, 4.69) is 0 Å². The molecule has 0 unspecified atom stereocenters. The van der Waals surface area contributed by atoms with Gasteiger partial charge in [0, 0.05) is 11.7 Å². The van der Waals surface area contributed by atoms with Crippen LogP contribution in [0.25, 0.3) is 11.1 Å². The molecule has 0 aliphatic carbocycles. The van der Waals surface area contributed by atoms with Crippen molar-refractivity contribution in [1.29, 1.82) is 0 Å². The van der Waals surface area contributed by atoms with E-state index in [4.69, 9.17) is 4.74 Å². The molecule has 0 bridgehead atoms. The number of para-hydroxylation sites is 1. The molecule has 1 amide bonds. The van der Waals surface area contributed by atoms with Crippen molar-refractivity contribution < 1.29 is 14.3 Å². The smallest absolute Gasteiger partial charge is 0.310 e. The molecule has 1 aliphatic rings. The molecular weight excluding hydrogens is 362 g/mol. The quantitative estimate of drug-likeness (QED) is 0.611. The molecule has 0 aromatic heterocycles. The SMILES string of the molecule is C[C@H]1Cc2ccccc2N1C(=O)COC(=O)Cc1ccc(-c2ccccc2)cc1. The topological polar surface area (TPSA) is 46.6 Å². The lowest BCUT2D eigenvalue weighted by Gasteiger charge is -2.22. The average Bonchev–Trinajstić information content (AvgIpc) is 3.09. The Morgan fingerprint density at radius 1 is 0.897 bits per heavy atom. The molecule has 0 saturated heterocycles. The second kappa shape index (κ2) is 8.31. The van der Waals surface area contributed by atoms with E-state index in [0.29, 0.717) is 0 Å². The number of esters is 1. The molecule has 3 aromatic rings. The summed E-state index contributed by atoms with van der Waals surface area (Å²) in [4.78, 5) is 26.6. The summed E-state index contributed by atoms with van der Waals surface area (Å²) < 4.78 is 5.27. The Morgan fingerprint density at radius 2 is 1.55 bits per heavy atom. The van der Waals surface area contributed by atoms with Crippen LogP contribution in [-0.4, -0.2) is 24.5 Å². The number of rotatable bonds is 5. The van der Waals surface area contributed by atoms with E-state index in [0.717, 1.165) is 34.4 Å². The molecule has 1 aliphatic heterocycles. The van der Waals surface area contributed by atoms with Gasteiger partial charge in [0.25, 0.3) is 5.91 Å². The lowest BCUT2D eigenvalue weighted by Crippen LogP contribution is -2.38. The summed E-state index contributed by atoms with van der Waals surface area (Å²) in [7, 11) is 0. The van der Waals surface area contributed by atoms with E-state index >= 15 is 0 Å². The molecule has 29 heavy (non-hydrogen) atoms. The molecular formula is C25H23NO3. The number of hydrogen-bond donors (Lipinski definition) is 0. The maximum Gasteiger partial charge on any atom is 0.310 e. The Balaban J connectivity index is 1.33. The van der Waals surface area contributed by atoms with Crippen molar-refractivity contribution in [3.8, 4) is 11.1 Å². The van der Waals surface area contributed by atoms with Crippen molar-refractivity contribution in [3.05, 3.63) is 90.0 Å². The highest BCUT2D eigenvalue weighted by Gasteiger charge is 2.30. The molecule has 0 saturated carbocycles. The Hall–Kier alpha value is -3.40. The van der Waals surface area contributed by atoms with Crippen molar-refractivity contribution in [3.63, 3.8) is 0 Å². The third kappa shape index (κ3) is 4.21. The zero-order valence-electron chi connectivity index (χ0n) is 16.4. The minimum absolute atomic E-state index is 0.0733. The fourth-order valence-corrected chi connectivity index (χ4v) is 3.82. The van der Waals surface area contributed by atoms with Gasteiger partial charge in [0.15, 0.2) is 6.61 Å². The molecule has 0 fully saturated rings. The van der Waals surface area contributed by atoms with Crippen LogP contribution in [0.3, 0.4) is 0 Å². The molecule has 0 radical (unpaired) electrons. The Kier molecular flexibility index (Phi) is 5.43. The normalized spacial score (nSPS) is 15.1. The fraction of sp³-hybridized carbons (Fsp3) is 0.200. The second-order valence-corrected chi connectivity index (χ2v) is 7.35. The lowest BCUT2D eigenvalue weighted by atomic mass is 10.0. The Morgan fingerprint density at radius 3 is 2.31 bits per heavy atom. The highest BCUT2D eigenvalue weighted by Crippen LogP contribution is 2.31. The molecule has 0 spiro atoms. The minimum Gasteiger partial charge on any atom is -0.455 e. The second-order valence-electron chi connectivity index (χ2n) is 7.35. The summed E-state index contributed by atoms with van der Waals surface area (Å²) in [5.74, 6) is -0.582. The van der Waals surface area contributed by atoms with Crippen LogP contribution in [0.2, 0.25) is 0 Å². The highest BCUT2D eigenvalue weighted by atomic mass is 16.5. The zero-order chi connectivity index (χ0) is 20.2. The summed E-state index contributed by atoms with van der Waals surface area (Å²) >= 11 is 0. The largest absolute Gasteiger partial charge is 0.455 e. The van der Waals surface area contributed by atoms with Crippen molar-refractivity contribution in [2.75, 3.05) is 11.5 Å². The highest BCUT2D eigenvalue weighted by molar-refractivity contribution is 5.97. The van der Waals surface area contributed by atoms with E-state index in [1.165, 1.54) is 0 Å². The number of amides is 1. The van der Waals surface area contributed by atoms with Crippen LogP contribution >= 0.6 is 0 Å². The van der Waals surface area contributed by atoms with Crippen molar-refractivity contribution >= 4 is 17.6 Å². The van der Waals surface area contributed by atoms with Crippen LogP contribution in [0.5, 0.6) is 0 Å². The van der Waals surface area contributed by atoms with Gasteiger partial charge in [-0.1, -0.05) is 72.8 Å². The lowest BCUT2D eigenvalue weighted by molar-refractivity contribution is -0.147. The van der Waals surface area contributed by atoms with Gasteiger partial charge >= 0.3 is 5.97 Å². The van der Waals surface area contributed by atoms with Gasteiger partial charge in [-0.25, -0.2) is 0 Å². The molecule has 4 heteroatoms. The van der Waals surface area contributed by atoms with Gasteiger partial charge in [-0.2, -0.15) is 0 Å². The zero-order valence-corrected chi connectivity index (χ0v) is 16.4. The number of fused-ring (bicyclic) bond motifs is 1. The third-order valence-corrected chi connectivity index (χ3v) is 5.24. The van der Waals surface area contributed by atoms with Gasteiger partial charge in [-0.05, 0) is 41.7 Å². The van der Waals surface area contributed by atoms with Crippen LogP contribution in [-0.2, 0) is 27.2 Å². The van der Waals surface area contributed by atoms with Crippen LogP contribution in [0.4, 0.5) is 5.69 Å². The summed E-state index contributed by atoms with van der Waals surface area (Å²) in [6.45, 7) is 1.77. The maximum absolute atomic E-state index is 12.6. The Bertz CT molecular complexity index is 1010. The fourth-order valence-electron chi connectivity index (χ4n) is 3.82. The van der Waals surface area contributed by atoms with Gasteiger partial charge in [0.05, 0.1) is 6.42 Å².